The minimum atomic E-state index is 0.495. The topological polar surface area (TPSA) is 26.0 Å². The van der Waals surface area contributed by atoms with Gasteiger partial charge in [0, 0.05) is 6.04 Å². The molecule has 1 rings (SSSR count). The first kappa shape index (κ1) is 9.05. The molecule has 0 aromatic rings. The van der Waals surface area contributed by atoms with Gasteiger partial charge in [-0.3, -0.25) is 0 Å². The van der Waals surface area contributed by atoms with Crippen LogP contribution in [0, 0.1) is 11.3 Å². The summed E-state index contributed by atoms with van der Waals surface area (Å²) < 4.78 is 0. The van der Waals surface area contributed by atoms with Crippen LogP contribution in [0.4, 0.5) is 0 Å². The smallest absolute Gasteiger partial charge is 0.00672 e. The van der Waals surface area contributed by atoms with Gasteiger partial charge in [0.05, 0.1) is 0 Å². The second-order valence-corrected chi connectivity index (χ2v) is 5.10. The first-order valence-corrected chi connectivity index (χ1v) is 4.74. The van der Waals surface area contributed by atoms with E-state index in [4.69, 9.17) is 5.73 Å². The van der Waals surface area contributed by atoms with Crippen molar-refractivity contribution in [1.82, 2.24) is 0 Å². The summed E-state index contributed by atoms with van der Waals surface area (Å²) >= 11 is 0. The summed E-state index contributed by atoms with van der Waals surface area (Å²) in [4.78, 5) is 0. The second kappa shape index (κ2) is 3.14. The summed E-state index contributed by atoms with van der Waals surface area (Å²) in [5.74, 6) is 0.842. The van der Waals surface area contributed by atoms with Crippen molar-refractivity contribution in [3.63, 3.8) is 0 Å². The summed E-state index contributed by atoms with van der Waals surface area (Å²) in [6, 6.07) is 0.525. The van der Waals surface area contributed by atoms with E-state index in [1.54, 1.807) is 0 Å². The molecule has 1 fully saturated rings. The molecule has 0 radical (unpaired) electrons. The molecule has 11 heavy (non-hydrogen) atoms. The lowest BCUT2D eigenvalue weighted by atomic mass is 9.74. The number of hydrogen-bond donors (Lipinski definition) is 1. The second-order valence-electron chi connectivity index (χ2n) is 5.10. The zero-order chi connectivity index (χ0) is 8.48. The first-order chi connectivity index (χ1) is 4.99. The minimum Gasteiger partial charge on any atom is -0.327 e. The Morgan fingerprint density at radius 1 is 1.27 bits per heavy atom. The Kier molecular flexibility index (Phi) is 2.58. The summed E-state index contributed by atoms with van der Waals surface area (Å²) in [7, 11) is 0. The molecule has 0 saturated heterocycles. The van der Waals surface area contributed by atoms with E-state index < -0.39 is 0 Å². The molecule has 2 unspecified atom stereocenters. The van der Waals surface area contributed by atoms with Crippen LogP contribution in [0.1, 0.15) is 46.5 Å². The van der Waals surface area contributed by atoms with Crippen molar-refractivity contribution in [1.29, 1.82) is 0 Å². The molecule has 2 atom stereocenters. The summed E-state index contributed by atoms with van der Waals surface area (Å²) in [5.41, 5.74) is 6.35. The highest BCUT2D eigenvalue weighted by atomic mass is 14.7. The van der Waals surface area contributed by atoms with E-state index in [1.807, 2.05) is 0 Å². The van der Waals surface area contributed by atoms with E-state index in [1.165, 1.54) is 25.7 Å². The molecular formula is C10H21N. The maximum Gasteiger partial charge on any atom is 0.00672 e. The molecule has 2 N–H and O–H groups in total. The normalized spacial score (nSPS) is 31.6. The fourth-order valence-electron chi connectivity index (χ4n) is 1.57. The highest BCUT2D eigenvalue weighted by Crippen LogP contribution is 2.33. The lowest BCUT2D eigenvalue weighted by Gasteiger charge is -2.35. The maximum absolute atomic E-state index is 5.85. The lowest BCUT2D eigenvalue weighted by Crippen LogP contribution is -2.39. The van der Waals surface area contributed by atoms with Crippen molar-refractivity contribution in [2.75, 3.05) is 0 Å². The molecular weight excluding hydrogens is 134 g/mol. The third-order valence-electron chi connectivity index (χ3n) is 2.74. The van der Waals surface area contributed by atoms with E-state index >= 15 is 0 Å². The molecule has 0 amide bonds. The van der Waals surface area contributed by atoms with Crippen LogP contribution >= 0.6 is 0 Å². The van der Waals surface area contributed by atoms with E-state index in [2.05, 4.69) is 20.8 Å². The monoisotopic (exact) mass is 155 g/mol. The van der Waals surface area contributed by atoms with Crippen LogP contribution in [-0.2, 0) is 0 Å². The Labute approximate surface area is 70.4 Å². The van der Waals surface area contributed by atoms with Gasteiger partial charge in [-0.15, -0.1) is 0 Å². The van der Waals surface area contributed by atoms with Crippen molar-refractivity contribution in [2.24, 2.45) is 17.1 Å². The van der Waals surface area contributed by atoms with Gasteiger partial charge in [-0.1, -0.05) is 20.8 Å². The van der Waals surface area contributed by atoms with Gasteiger partial charge >= 0.3 is 0 Å². The molecule has 1 nitrogen and oxygen atoms in total. The first-order valence-electron chi connectivity index (χ1n) is 4.74. The van der Waals surface area contributed by atoms with Crippen LogP contribution in [0.15, 0.2) is 0 Å². The van der Waals surface area contributed by atoms with E-state index in [9.17, 15) is 0 Å². The number of rotatable bonds is 2. The predicted octanol–water partition coefficient (Wildman–Crippen LogP) is 2.55. The molecule has 1 aliphatic carbocycles. The summed E-state index contributed by atoms with van der Waals surface area (Å²) in [5, 5.41) is 0. The quantitative estimate of drug-likeness (QED) is 0.651. The molecule has 0 bridgehead atoms. The maximum atomic E-state index is 5.85. The molecule has 66 valence electrons. The zero-order valence-electron chi connectivity index (χ0n) is 8.06. The van der Waals surface area contributed by atoms with Gasteiger partial charge in [0.15, 0.2) is 0 Å². The van der Waals surface area contributed by atoms with Crippen molar-refractivity contribution in [3.8, 4) is 0 Å². The van der Waals surface area contributed by atoms with Crippen LogP contribution < -0.4 is 5.73 Å². The Bertz CT molecular complexity index is 123. The number of nitrogens with two attached hydrogens (primary N) is 1. The third kappa shape index (κ3) is 2.82. The van der Waals surface area contributed by atoms with Crippen molar-refractivity contribution in [2.45, 2.75) is 52.5 Å². The third-order valence-corrected chi connectivity index (χ3v) is 2.74. The van der Waals surface area contributed by atoms with Crippen LogP contribution in [0.5, 0.6) is 0 Å². The minimum absolute atomic E-state index is 0.495. The van der Waals surface area contributed by atoms with Gasteiger partial charge in [0.2, 0.25) is 0 Å². The van der Waals surface area contributed by atoms with Gasteiger partial charge < -0.3 is 5.73 Å². The van der Waals surface area contributed by atoms with Crippen molar-refractivity contribution < 1.29 is 0 Å². The molecule has 0 aromatic carbocycles. The van der Waals surface area contributed by atoms with Crippen molar-refractivity contribution >= 4 is 0 Å². The standard InChI is InChI=1S/C10H21N/c1-10(2,3)7-6-8-4-5-9(8)11/h8-9H,4-7,11H2,1-3H3. The Morgan fingerprint density at radius 2 is 1.91 bits per heavy atom. The predicted molar refractivity (Wildman–Crippen MR) is 49.4 cm³/mol. The van der Waals surface area contributed by atoms with Gasteiger partial charge in [0.25, 0.3) is 0 Å². The number of hydrogen-bond acceptors (Lipinski definition) is 1. The highest BCUT2D eigenvalue weighted by molar-refractivity contribution is 4.84. The molecule has 0 spiro atoms. The fraction of sp³-hybridized carbons (Fsp3) is 1.00. The molecule has 0 heterocycles. The summed E-state index contributed by atoms with van der Waals surface area (Å²) in [6.07, 6.45) is 5.29. The molecule has 0 aliphatic heterocycles. The van der Waals surface area contributed by atoms with Crippen molar-refractivity contribution in [3.05, 3.63) is 0 Å². The largest absolute Gasteiger partial charge is 0.327 e. The molecule has 1 saturated carbocycles. The molecule has 1 heteroatoms. The Morgan fingerprint density at radius 3 is 2.18 bits per heavy atom. The van der Waals surface area contributed by atoms with Crippen LogP contribution in [0.3, 0.4) is 0 Å². The SMILES string of the molecule is CC(C)(C)CCC1CCC1N. The Balaban J connectivity index is 2.12. The van der Waals surface area contributed by atoms with Gasteiger partial charge in [-0.05, 0) is 37.0 Å². The average molecular weight is 155 g/mol. The molecule has 0 aromatic heterocycles. The van der Waals surface area contributed by atoms with Crippen LogP contribution in [0.25, 0.3) is 0 Å². The average Bonchev–Trinajstić information content (AvgIpc) is 1.82. The molecule has 1 aliphatic rings. The Hall–Kier alpha value is -0.0400. The van der Waals surface area contributed by atoms with Gasteiger partial charge in [-0.25, -0.2) is 0 Å². The van der Waals surface area contributed by atoms with Crippen LogP contribution in [0.2, 0.25) is 0 Å². The lowest BCUT2D eigenvalue weighted by molar-refractivity contribution is 0.206. The summed E-state index contributed by atoms with van der Waals surface area (Å²) in [6.45, 7) is 6.91. The van der Waals surface area contributed by atoms with E-state index in [0.29, 0.717) is 11.5 Å². The zero-order valence-corrected chi connectivity index (χ0v) is 8.06. The van der Waals surface area contributed by atoms with E-state index in [-0.39, 0.29) is 0 Å². The van der Waals surface area contributed by atoms with Crippen LogP contribution in [-0.4, -0.2) is 6.04 Å². The van der Waals surface area contributed by atoms with E-state index in [0.717, 1.165) is 5.92 Å². The van der Waals surface area contributed by atoms with Gasteiger partial charge in [-0.2, -0.15) is 0 Å². The van der Waals surface area contributed by atoms with Gasteiger partial charge in [0.1, 0.15) is 0 Å². The highest BCUT2D eigenvalue weighted by Gasteiger charge is 2.27. The fourth-order valence-corrected chi connectivity index (χ4v) is 1.57.